The Morgan fingerprint density at radius 1 is 1.38 bits per heavy atom. The van der Waals surface area contributed by atoms with E-state index in [4.69, 9.17) is 14.2 Å². The van der Waals surface area contributed by atoms with Crippen LogP contribution in [0.5, 0.6) is 11.5 Å². The molecule has 8 nitrogen and oxygen atoms in total. The molecule has 0 aliphatic carbocycles. The van der Waals surface area contributed by atoms with E-state index in [2.05, 4.69) is 37.2 Å². The lowest BCUT2D eigenvalue weighted by molar-refractivity contribution is -0.536. The molecule has 0 heterocycles. The smallest absolute Gasteiger partial charge is 0.407 e. The van der Waals surface area contributed by atoms with Crippen LogP contribution < -0.4 is 14.8 Å². The molecule has 1 amide bonds. The van der Waals surface area contributed by atoms with E-state index >= 15 is 0 Å². The normalized spacial score (nSPS) is 14.2. The molecule has 0 aliphatic heterocycles. The van der Waals surface area contributed by atoms with Crippen molar-refractivity contribution in [2.24, 2.45) is 0 Å². The first-order chi connectivity index (χ1) is 11.2. The Morgan fingerprint density at radius 2 is 1.88 bits per heavy atom. The second-order valence-corrected chi connectivity index (χ2v) is 7.22. The number of nitrogens with one attached hydrogen (secondary N) is 1. The number of nitro groups is 1. The van der Waals surface area contributed by atoms with Crippen molar-refractivity contribution >= 4 is 38.0 Å². The van der Waals surface area contributed by atoms with Gasteiger partial charge in [-0.25, -0.2) is 4.79 Å². The van der Waals surface area contributed by atoms with Gasteiger partial charge in [0.25, 0.3) is 4.45 Å². The molecule has 1 N–H and O–H groups in total. The number of benzene rings is 1. The number of ether oxygens (including phenoxy) is 3. The lowest BCUT2D eigenvalue weighted by Crippen LogP contribution is -2.45. The van der Waals surface area contributed by atoms with Gasteiger partial charge in [0, 0.05) is 27.8 Å². The molecule has 134 valence electrons. The van der Waals surface area contributed by atoms with Gasteiger partial charge in [0.1, 0.15) is 22.0 Å². The second kappa shape index (κ2) is 8.52. The minimum atomic E-state index is -1.68. The zero-order chi connectivity index (χ0) is 18.5. The minimum Gasteiger partial charge on any atom is -0.495 e. The zero-order valence-corrected chi connectivity index (χ0v) is 16.8. The first-order valence-electron chi connectivity index (χ1n) is 6.87. The van der Waals surface area contributed by atoms with Crippen LogP contribution in [-0.2, 0) is 4.74 Å². The average Bonchev–Trinajstić information content (AvgIpc) is 2.53. The van der Waals surface area contributed by atoms with E-state index in [1.807, 2.05) is 0 Å². The maximum absolute atomic E-state index is 11.8. The molecule has 0 aliphatic rings. The van der Waals surface area contributed by atoms with Crippen LogP contribution in [0.2, 0.25) is 0 Å². The molecule has 0 unspecified atom stereocenters. The van der Waals surface area contributed by atoms with E-state index in [1.165, 1.54) is 21.1 Å². The summed E-state index contributed by atoms with van der Waals surface area (Å²) in [5, 5.41) is 13.9. The number of carbonyl (C=O) groups is 1. The standard InChI is InChI=1S/C14H18Br2N2O6/c1-5-24-13(19)17-12(14(2,16)18(20)21)8-6-9(22-3)11(15)10(7-8)23-4/h6-7,12H,5H2,1-4H3,(H,17,19)/t12-,14+/m1/s1. The largest absolute Gasteiger partial charge is 0.495 e. The number of rotatable bonds is 7. The molecular weight excluding hydrogens is 452 g/mol. The fraction of sp³-hybridized carbons (Fsp3) is 0.500. The van der Waals surface area contributed by atoms with Crippen molar-refractivity contribution < 1.29 is 23.9 Å². The molecule has 2 atom stereocenters. The molecule has 1 aromatic rings. The SMILES string of the molecule is CCOC(=O)N[C@H](c1cc(OC)c(Br)c(OC)c1)[C@@](C)(Br)[N+](=O)[O-]. The van der Waals surface area contributed by atoms with E-state index < -0.39 is 21.5 Å². The van der Waals surface area contributed by atoms with Gasteiger partial charge in [0.2, 0.25) is 0 Å². The first-order valence-corrected chi connectivity index (χ1v) is 8.45. The third-order valence-corrected chi connectivity index (χ3v) is 4.75. The van der Waals surface area contributed by atoms with E-state index in [-0.39, 0.29) is 6.61 Å². The van der Waals surface area contributed by atoms with Crippen LogP contribution in [0.1, 0.15) is 25.5 Å². The van der Waals surface area contributed by atoms with Crippen molar-refractivity contribution in [3.63, 3.8) is 0 Å². The van der Waals surface area contributed by atoms with Crippen LogP contribution in [0.25, 0.3) is 0 Å². The lowest BCUT2D eigenvalue weighted by Gasteiger charge is -2.27. The monoisotopic (exact) mass is 468 g/mol. The summed E-state index contributed by atoms with van der Waals surface area (Å²) < 4.78 is 14.2. The van der Waals surface area contributed by atoms with Crippen LogP contribution in [0.3, 0.4) is 0 Å². The van der Waals surface area contributed by atoms with Gasteiger partial charge in [-0.15, -0.1) is 0 Å². The molecule has 1 aromatic carbocycles. The maximum Gasteiger partial charge on any atom is 0.407 e. The summed E-state index contributed by atoms with van der Waals surface area (Å²) in [5.41, 5.74) is 0.413. The molecule has 0 radical (unpaired) electrons. The Kier molecular flexibility index (Phi) is 7.27. The summed E-state index contributed by atoms with van der Waals surface area (Å²) in [6.07, 6.45) is -0.768. The van der Waals surface area contributed by atoms with Crippen molar-refractivity contribution in [3.8, 4) is 11.5 Å². The van der Waals surface area contributed by atoms with E-state index in [0.29, 0.717) is 21.5 Å². The lowest BCUT2D eigenvalue weighted by atomic mass is 10.00. The highest BCUT2D eigenvalue weighted by Crippen LogP contribution is 2.41. The molecule has 1 rings (SSSR count). The van der Waals surface area contributed by atoms with Gasteiger partial charge >= 0.3 is 6.09 Å². The van der Waals surface area contributed by atoms with Gasteiger partial charge in [0.05, 0.1) is 20.8 Å². The molecule has 0 spiro atoms. The Bertz CT molecular complexity index is 598. The zero-order valence-electron chi connectivity index (χ0n) is 13.6. The molecule has 10 heteroatoms. The summed E-state index contributed by atoms with van der Waals surface area (Å²) >= 11 is 6.41. The summed E-state index contributed by atoms with van der Waals surface area (Å²) in [5.74, 6) is 0.818. The Labute approximate surface area is 156 Å². The van der Waals surface area contributed by atoms with Crippen LogP contribution in [-0.4, -0.2) is 36.3 Å². The summed E-state index contributed by atoms with van der Waals surface area (Å²) in [6, 6.07) is 2.11. The van der Waals surface area contributed by atoms with Crippen LogP contribution in [0, 0.1) is 10.1 Å². The second-order valence-electron chi connectivity index (χ2n) is 4.82. The molecule has 0 bridgehead atoms. The number of alkyl halides is 1. The number of hydrogen-bond donors (Lipinski definition) is 1. The first kappa shape index (κ1) is 20.5. The number of alkyl carbamates (subject to hydrolysis) is 1. The number of hydrogen-bond acceptors (Lipinski definition) is 6. The van der Waals surface area contributed by atoms with Gasteiger partial charge in [-0.3, -0.25) is 10.1 Å². The number of halogens is 2. The summed E-state index contributed by atoms with van der Waals surface area (Å²) in [4.78, 5) is 22.7. The van der Waals surface area contributed by atoms with E-state index in [9.17, 15) is 14.9 Å². The molecule has 0 saturated heterocycles. The van der Waals surface area contributed by atoms with Gasteiger partial charge < -0.3 is 19.5 Å². The Hall–Kier alpha value is -1.55. The van der Waals surface area contributed by atoms with Gasteiger partial charge in [0.15, 0.2) is 0 Å². The summed E-state index contributed by atoms with van der Waals surface area (Å²) in [6.45, 7) is 3.12. The van der Waals surface area contributed by atoms with Crippen molar-refractivity contribution in [2.45, 2.75) is 24.3 Å². The number of methoxy groups -OCH3 is 2. The molecule has 0 aromatic heterocycles. The highest BCUT2D eigenvalue weighted by molar-refractivity contribution is 9.10. The number of nitrogens with zero attached hydrogens (tertiary/aromatic N) is 1. The number of carbonyl (C=O) groups excluding carboxylic acids is 1. The Morgan fingerprint density at radius 3 is 2.25 bits per heavy atom. The minimum absolute atomic E-state index is 0.142. The topological polar surface area (TPSA) is 99.9 Å². The maximum atomic E-state index is 11.8. The third-order valence-electron chi connectivity index (χ3n) is 3.22. The summed E-state index contributed by atoms with van der Waals surface area (Å²) in [7, 11) is 2.91. The molecular formula is C14H18Br2N2O6. The van der Waals surface area contributed by atoms with Crippen molar-refractivity contribution in [2.75, 3.05) is 20.8 Å². The fourth-order valence-electron chi connectivity index (χ4n) is 1.97. The number of amides is 1. The predicted octanol–water partition coefficient (Wildman–Crippen LogP) is 3.64. The van der Waals surface area contributed by atoms with Crippen LogP contribution in [0.15, 0.2) is 16.6 Å². The highest BCUT2D eigenvalue weighted by atomic mass is 79.9. The van der Waals surface area contributed by atoms with Crippen LogP contribution in [0.4, 0.5) is 4.79 Å². The molecule has 24 heavy (non-hydrogen) atoms. The average molecular weight is 470 g/mol. The predicted molar refractivity (Wildman–Crippen MR) is 94.5 cm³/mol. The van der Waals surface area contributed by atoms with Crippen LogP contribution >= 0.6 is 31.9 Å². The molecule has 0 saturated carbocycles. The van der Waals surface area contributed by atoms with Gasteiger partial charge in [-0.2, -0.15) is 0 Å². The van der Waals surface area contributed by atoms with Crippen molar-refractivity contribution in [1.29, 1.82) is 0 Å². The fourth-order valence-corrected chi connectivity index (χ4v) is 2.90. The van der Waals surface area contributed by atoms with Gasteiger partial charge in [-0.1, -0.05) is 0 Å². The van der Waals surface area contributed by atoms with E-state index in [0.717, 1.165) is 0 Å². The quantitative estimate of drug-likeness (QED) is 0.283. The van der Waals surface area contributed by atoms with Gasteiger partial charge in [-0.05, 0) is 40.5 Å². The van der Waals surface area contributed by atoms with Crippen molar-refractivity contribution in [3.05, 3.63) is 32.3 Å². The van der Waals surface area contributed by atoms with Crippen molar-refractivity contribution in [1.82, 2.24) is 5.32 Å². The van der Waals surface area contributed by atoms with E-state index in [1.54, 1.807) is 19.1 Å². The third kappa shape index (κ3) is 4.50. The highest BCUT2D eigenvalue weighted by Gasteiger charge is 2.46. The Balaban J connectivity index is 3.43. The molecule has 0 fully saturated rings.